The van der Waals surface area contributed by atoms with Crippen LogP contribution in [0.2, 0.25) is 0 Å². The monoisotopic (exact) mass is 283 g/mol. The summed E-state index contributed by atoms with van der Waals surface area (Å²) in [5.41, 5.74) is 0.395. The molecule has 1 radical (unpaired) electrons. The van der Waals surface area contributed by atoms with Gasteiger partial charge in [0.2, 0.25) is 0 Å². The van der Waals surface area contributed by atoms with Gasteiger partial charge in [-0.15, -0.1) is 12.8 Å². The summed E-state index contributed by atoms with van der Waals surface area (Å²) in [5, 5.41) is 0. The molecule has 0 amide bonds. The van der Waals surface area contributed by atoms with Gasteiger partial charge < -0.3 is 12.8 Å². The van der Waals surface area contributed by atoms with Crippen molar-refractivity contribution in [1.29, 1.82) is 0 Å². The van der Waals surface area contributed by atoms with Crippen molar-refractivity contribution in [3.63, 3.8) is 0 Å². The van der Waals surface area contributed by atoms with E-state index in [0.29, 0.717) is 5.41 Å². The zero-order valence-electron chi connectivity index (χ0n) is 11.0. The van der Waals surface area contributed by atoms with E-state index in [1.54, 1.807) is 5.92 Å². The average molecular weight is 283 g/mol. The van der Waals surface area contributed by atoms with Crippen LogP contribution in [0.15, 0.2) is 0 Å². The SMILES string of the molecule is [CH2-]C1(CC(C)C)CC[C-](C(C)C)CC1.[Y]. The van der Waals surface area contributed by atoms with E-state index in [1.807, 2.05) is 0 Å². The molecule has 0 bridgehead atoms. The van der Waals surface area contributed by atoms with Crippen LogP contribution in [-0.4, -0.2) is 0 Å². The molecule has 87 valence electrons. The topological polar surface area (TPSA) is 0 Å². The average Bonchev–Trinajstić information content (AvgIpc) is 2.02. The van der Waals surface area contributed by atoms with Crippen molar-refractivity contribution in [2.45, 2.75) is 59.8 Å². The zero-order chi connectivity index (χ0) is 10.8. The van der Waals surface area contributed by atoms with Gasteiger partial charge in [-0.2, -0.15) is 24.2 Å². The van der Waals surface area contributed by atoms with Gasteiger partial charge in [0.05, 0.1) is 0 Å². The molecule has 1 fully saturated rings. The minimum absolute atomic E-state index is 0. The van der Waals surface area contributed by atoms with Crippen LogP contribution in [0.4, 0.5) is 0 Å². The molecule has 0 spiro atoms. The molecule has 0 aliphatic heterocycles. The van der Waals surface area contributed by atoms with Crippen molar-refractivity contribution in [1.82, 2.24) is 0 Å². The molecule has 1 rings (SSSR count). The van der Waals surface area contributed by atoms with E-state index in [4.69, 9.17) is 0 Å². The Labute approximate surface area is 122 Å². The summed E-state index contributed by atoms with van der Waals surface area (Å²) >= 11 is 0. The third-order valence-corrected chi connectivity index (χ3v) is 3.61. The van der Waals surface area contributed by atoms with Gasteiger partial charge in [0.1, 0.15) is 0 Å². The Morgan fingerprint density at radius 1 is 1.13 bits per heavy atom. The van der Waals surface area contributed by atoms with Gasteiger partial charge in [-0.3, -0.25) is 0 Å². The van der Waals surface area contributed by atoms with E-state index in [9.17, 15) is 0 Å². The van der Waals surface area contributed by atoms with Crippen molar-refractivity contribution in [2.24, 2.45) is 17.3 Å². The molecule has 0 N–H and O–H groups in total. The van der Waals surface area contributed by atoms with Crippen molar-refractivity contribution < 1.29 is 32.7 Å². The van der Waals surface area contributed by atoms with Gasteiger partial charge in [-0.25, -0.2) is 0 Å². The maximum Gasteiger partial charge on any atom is 0 e. The smallest absolute Gasteiger partial charge is 0 e. The summed E-state index contributed by atoms with van der Waals surface area (Å²) in [7, 11) is 0. The Hall–Kier alpha value is 1.10. The van der Waals surface area contributed by atoms with E-state index < -0.39 is 0 Å². The third kappa shape index (κ3) is 5.31. The van der Waals surface area contributed by atoms with Gasteiger partial charge in [0, 0.05) is 32.7 Å². The van der Waals surface area contributed by atoms with Crippen LogP contribution < -0.4 is 0 Å². The van der Waals surface area contributed by atoms with E-state index in [2.05, 4.69) is 34.6 Å². The molecule has 0 aromatic carbocycles. The van der Waals surface area contributed by atoms with Crippen LogP contribution in [0, 0.1) is 30.1 Å². The Bertz CT molecular complexity index is 164. The van der Waals surface area contributed by atoms with Crippen molar-refractivity contribution in [3.05, 3.63) is 12.8 Å². The standard InChI is InChI=1S/C14H26.Y/c1-11(2)10-14(5)8-6-13(7-9-14)12(3)4;/h11-12H,5-10H2,1-4H3;/q-2;. The fourth-order valence-electron chi connectivity index (χ4n) is 2.75. The van der Waals surface area contributed by atoms with Gasteiger partial charge in [-0.05, 0) is 5.92 Å². The maximum atomic E-state index is 4.45. The van der Waals surface area contributed by atoms with Gasteiger partial charge in [0.15, 0.2) is 0 Å². The minimum atomic E-state index is 0. The molecule has 0 aromatic heterocycles. The van der Waals surface area contributed by atoms with E-state index in [-0.39, 0.29) is 32.7 Å². The van der Waals surface area contributed by atoms with Crippen molar-refractivity contribution in [3.8, 4) is 0 Å². The van der Waals surface area contributed by atoms with Gasteiger partial charge >= 0.3 is 0 Å². The molecule has 1 heteroatoms. The minimum Gasteiger partial charge on any atom is -0.337 e. The summed E-state index contributed by atoms with van der Waals surface area (Å²) in [6, 6.07) is 0. The second-order valence-corrected chi connectivity index (χ2v) is 5.91. The van der Waals surface area contributed by atoms with Crippen LogP contribution in [0.1, 0.15) is 59.8 Å². The quantitative estimate of drug-likeness (QED) is 0.661. The Balaban J connectivity index is 0.00000196. The maximum absolute atomic E-state index is 4.45. The number of rotatable bonds is 3. The Morgan fingerprint density at radius 2 is 1.60 bits per heavy atom. The van der Waals surface area contributed by atoms with Crippen molar-refractivity contribution in [2.75, 3.05) is 0 Å². The Kier molecular flexibility index (Phi) is 7.24. The number of hydrogen-bond acceptors (Lipinski definition) is 0. The largest absolute Gasteiger partial charge is 0.337 e. The first-order valence-corrected chi connectivity index (χ1v) is 6.13. The van der Waals surface area contributed by atoms with Gasteiger partial charge in [0.25, 0.3) is 0 Å². The third-order valence-electron chi connectivity index (χ3n) is 3.61. The van der Waals surface area contributed by atoms with E-state index in [1.165, 1.54) is 32.1 Å². The normalized spacial score (nSPS) is 21.8. The molecule has 0 unspecified atom stereocenters. The van der Waals surface area contributed by atoms with Crippen LogP contribution in [0.5, 0.6) is 0 Å². The zero-order valence-corrected chi connectivity index (χ0v) is 13.8. The van der Waals surface area contributed by atoms with Crippen LogP contribution in [0.3, 0.4) is 0 Å². The second-order valence-electron chi connectivity index (χ2n) is 5.91. The fraction of sp³-hybridized carbons (Fsp3) is 0.857. The first kappa shape index (κ1) is 16.1. The molecule has 0 aromatic rings. The first-order chi connectivity index (χ1) is 6.43. The van der Waals surface area contributed by atoms with Crippen LogP contribution in [0.25, 0.3) is 0 Å². The summed E-state index contributed by atoms with van der Waals surface area (Å²) < 4.78 is 0. The molecule has 15 heavy (non-hydrogen) atoms. The summed E-state index contributed by atoms with van der Waals surface area (Å²) in [6.45, 7) is 13.7. The summed E-state index contributed by atoms with van der Waals surface area (Å²) in [5.74, 6) is 3.36. The van der Waals surface area contributed by atoms with E-state index >= 15 is 0 Å². The molecule has 0 heterocycles. The molecular formula is C14H26Y-2. The molecule has 1 saturated carbocycles. The predicted molar refractivity (Wildman–Crippen MR) is 63.8 cm³/mol. The fourth-order valence-corrected chi connectivity index (χ4v) is 2.75. The Morgan fingerprint density at radius 3 is 1.93 bits per heavy atom. The molecule has 1 aliphatic rings. The van der Waals surface area contributed by atoms with Crippen molar-refractivity contribution >= 4 is 0 Å². The molecule has 0 saturated heterocycles. The number of hydrogen-bond donors (Lipinski definition) is 0. The predicted octanol–water partition coefficient (Wildman–Crippen LogP) is 4.65. The molecule has 0 atom stereocenters. The summed E-state index contributed by atoms with van der Waals surface area (Å²) in [6.07, 6.45) is 6.59. The van der Waals surface area contributed by atoms with Crippen LogP contribution in [-0.2, 0) is 32.7 Å². The summed E-state index contributed by atoms with van der Waals surface area (Å²) in [4.78, 5) is 0. The molecular weight excluding hydrogens is 257 g/mol. The van der Waals surface area contributed by atoms with Gasteiger partial charge in [-0.1, -0.05) is 34.1 Å². The van der Waals surface area contributed by atoms with Crippen LogP contribution >= 0.6 is 0 Å². The molecule has 1 aliphatic carbocycles. The molecule has 0 nitrogen and oxygen atoms in total. The second kappa shape index (κ2) is 6.75. The first-order valence-electron chi connectivity index (χ1n) is 6.13. The van der Waals surface area contributed by atoms with E-state index in [0.717, 1.165) is 11.8 Å².